The Morgan fingerprint density at radius 1 is 1.21 bits per heavy atom. The Bertz CT molecular complexity index is 342. The summed E-state index contributed by atoms with van der Waals surface area (Å²) in [6.45, 7) is 0. The summed E-state index contributed by atoms with van der Waals surface area (Å²) in [5.74, 6) is 0. The van der Waals surface area contributed by atoms with Crippen LogP contribution >= 0.6 is 23.5 Å². The van der Waals surface area contributed by atoms with Crippen molar-refractivity contribution in [2.45, 2.75) is 22.6 Å². The SMILES string of the molecule is CSc1ccc(CCC#N)cc1SC. The van der Waals surface area contributed by atoms with E-state index in [1.54, 1.807) is 23.5 Å². The summed E-state index contributed by atoms with van der Waals surface area (Å²) in [7, 11) is 0. The first-order valence-corrected chi connectivity index (χ1v) is 6.84. The standard InChI is InChI=1S/C11H13NS2/c1-13-10-6-5-9(4-3-7-12)8-11(10)14-2/h5-6,8H,3-4H2,1-2H3. The lowest BCUT2D eigenvalue weighted by molar-refractivity contribution is 0.994. The van der Waals surface area contributed by atoms with E-state index in [1.165, 1.54) is 15.4 Å². The second-order valence-electron chi connectivity index (χ2n) is 2.85. The largest absolute Gasteiger partial charge is 0.198 e. The van der Waals surface area contributed by atoms with Gasteiger partial charge in [0.2, 0.25) is 0 Å². The Balaban J connectivity index is 2.85. The van der Waals surface area contributed by atoms with Gasteiger partial charge in [0.15, 0.2) is 0 Å². The van der Waals surface area contributed by atoms with Crippen LogP contribution in [0.25, 0.3) is 0 Å². The van der Waals surface area contributed by atoms with Gasteiger partial charge >= 0.3 is 0 Å². The van der Waals surface area contributed by atoms with Crippen molar-refractivity contribution in [3.8, 4) is 6.07 Å². The Morgan fingerprint density at radius 2 is 1.93 bits per heavy atom. The number of hydrogen-bond acceptors (Lipinski definition) is 3. The molecule has 1 aromatic carbocycles. The number of thioether (sulfide) groups is 2. The van der Waals surface area contributed by atoms with E-state index in [1.807, 2.05) is 0 Å². The fourth-order valence-electron chi connectivity index (χ4n) is 1.24. The highest BCUT2D eigenvalue weighted by atomic mass is 32.2. The number of hydrogen-bond donors (Lipinski definition) is 0. The van der Waals surface area contributed by atoms with E-state index >= 15 is 0 Å². The number of benzene rings is 1. The fraction of sp³-hybridized carbons (Fsp3) is 0.364. The zero-order valence-electron chi connectivity index (χ0n) is 8.41. The van der Waals surface area contributed by atoms with Gasteiger partial charge in [-0.3, -0.25) is 0 Å². The van der Waals surface area contributed by atoms with Gasteiger partial charge in [0, 0.05) is 16.2 Å². The Kier molecular flexibility index (Phi) is 4.92. The molecule has 0 saturated carbocycles. The van der Waals surface area contributed by atoms with Crippen molar-refractivity contribution in [3.63, 3.8) is 0 Å². The third-order valence-electron chi connectivity index (χ3n) is 1.97. The second-order valence-corrected chi connectivity index (χ2v) is 4.54. The monoisotopic (exact) mass is 223 g/mol. The van der Waals surface area contributed by atoms with Crippen molar-refractivity contribution < 1.29 is 0 Å². The summed E-state index contributed by atoms with van der Waals surface area (Å²) < 4.78 is 0. The average molecular weight is 223 g/mol. The zero-order chi connectivity index (χ0) is 10.4. The predicted molar refractivity (Wildman–Crippen MR) is 63.9 cm³/mol. The van der Waals surface area contributed by atoms with Crippen LogP contribution in [0, 0.1) is 11.3 Å². The molecule has 0 aliphatic rings. The summed E-state index contributed by atoms with van der Waals surface area (Å²) in [6, 6.07) is 8.61. The van der Waals surface area contributed by atoms with Gasteiger partial charge in [-0.2, -0.15) is 5.26 Å². The van der Waals surface area contributed by atoms with Crippen LogP contribution in [-0.2, 0) is 6.42 Å². The molecule has 1 aromatic rings. The topological polar surface area (TPSA) is 23.8 Å². The highest BCUT2D eigenvalue weighted by Crippen LogP contribution is 2.29. The van der Waals surface area contributed by atoms with Crippen LogP contribution in [0.2, 0.25) is 0 Å². The smallest absolute Gasteiger partial charge is 0.0625 e. The van der Waals surface area contributed by atoms with E-state index in [4.69, 9.17) is 5.26 Å². The molecule has 0 unspecified atom stereocenters. The lowest BCUT2D eigenvalue weighted by atomic mass is 10.1. The molecule has 0 aliphatic carbocycles. The minimum absolute atomic E-state index is 0.604. The molecule has 3 heteroatoms. The average Bonchev–Trinajstić information content (AvgIpc) is 2.25. The molecule has 14 heavy (non-hydrogen) atoms. The van der Waals surface area contributed by atoms with Crippen LogP contribution in [0.15, 0.2) is 28.0 Å². The van der Waals surface area contributed by atoms with Crippen molar-refractivity contribution in [2.24, 2.45) is 0 Å². The maximum atomic E-state index is 8.50. The molecule has 0 aromatic heterocycles. The lowest BCUT2D eigenvalue weighted by Gasteiger charge is -2.06. The molecule has 0 radical (unpaired) electrons. The molecule has 0 bridgehead atoms. The summed E-state index contributed by atoms with van der Waals surface area (Å²) in [5, 5.41) is 8.50. The first-order chi connectivity index (χ1) is 6.81. The first kappa shape index (κ1) is 11.5. The summed E-state index contributed by atoms with van der Waals surface area (Å²) >= 11 is 3.53. The van der Waals surface area contributed by atoms with Crippen LogP contribution in [-0.4, -0.2) is 12.5 Å². The zero-order valence-corrected chi connectivity index (χ0v) is 10.0. The predicted octanol–water partition coefficient (Wildman–Crippen LogP) is 3.59. The molecule has 1 rings (SSSR count). The highest BCUT2D eigenvalue weighted by Gasteiger charge is 2.01. The quantitative estimate of drug-likeness (QED) is 0.729. The van der Waals surface area contributed by atoms with Crippen molar-refractivity contribution in [3.05, 3.63) is 23.8 Å². The van der Waals surface area contributed by atoms with Gasteiger partial charge in [0.1, 0.15) is 0 Å². The minimum Gasteiger partial charge on any atom is -0.198 e. The Hall–Kier alpha value is -0.590. The third-order valence-corrected chi connectivity index (χ3v) is 3.68. The van der Waals surface area contributed by atoms with Crippen LogP contribution in [0.3, 0.4) is 0 Å². The molecule has 1 nitrogen and oxygen atoms in total. The normalized spacial score (nSPS) is 9.79. The Morgan fingerprint density at radius 3 is 2.50 bits per heavy atom. The molecule has 74 valence electrons. The van der Waals surface area contributed by atoms with Crippen molar-refractivity contribution in [2.75, 3.05) is 12.5 Å². The number of rotatable bonds is 4. The molecular formula is C11H13NS2. The van der Waals surface area contributed by atoms with Gasteiger partial charge in [-0.25, -0.2) is 0 Å². The van der Waals surface area contributed by atoms with Crippen LogP contribution in [0.5, 0.6) is 0 Å². The van der Waals surface area contributed by atoms with E-state index < -0.39 is 0 Å². The first-order valence-electron chi connectivity index (χ1n) is 4.39. The number of nitriles is 1. The van der Waals surface area contributed by atoms with Crippen LogP contribution in [0.4, 0.5) is 0 Å². The van der Waals surface area contributed by atoms with Crippen molar-refractivity contribution >= 4 is 23.5 Å². The number of aryl methyl sites for hydroxylation is 1. The van der Waals surface area contributed by atoms with E-state index in [9.17, 15) is 0 Å². The van der Waals surface area contributed by atoms with Crippen molar-refractivity contribution in [1.82, 2.24) is 0 Å². The van der Waals surface area contributed by atoms with Crippen molar-refractivity contribution in [1.29, 1.82) is 5.26 Å². The van der Waals surface area contributed by atoms with Gasteiger partial charge in [0.05, 0.1) is 6.07 Å². The van der Waals surface area contributed by atoms with E-state index in [0.717, 1.165) is 6.42 Å². The molecular weight excluding hydrogens is 210 g/mol. The summed E-state index contributed by atoms with van der Waals surface area (Å²) in [4.78, 5) is 2.63. The van der Waals surface area contributed by atoms with Gasteiger partial charge in [-0.1, -0.05) is 6.07 Å². The summed E-state index contributed by atoms with van der Waals surface area (Å²) in [5.41, 5.74) is 1.26. The maximum absolute atomic E-state index is 8.50. The Labute approximate surface area is 93.9 Å². The molecule has 0 aliphatic heterocycles. The minimum atomic E-state index is 0.604. The summed E-state index contributed by atoms with van der Waals surface area (Å²) in [6.07, 6.45) is 5.64. The van der Waals surface area contributed by atoms with E-state index in [2.05, 4.69) is 36.8 Å². The molecule has 0 spiro atoms. The molecule has 0 heterocycles. The van der Waals surface area contributed by atoms with E-state index in [0.29, 0.717) is 6.42 Å². The van der Waals surface area contributed by atoms with Gasteiger partial charge in [0.25, 0.3) is 0 Å². The molecule has 0 atom stereocenters. The lowest BCUT2D eigenvalue weighted by Crippen LogP contribution is -1.86. The van der Waals surface area contributed by atoms with Gasteiger partial charge < -0.3 is 0 Å². The molecule has 0 fully saturated rings. The second kappa shape index (κ2) is 6.00. The van der Waals surface area contributed by atoms with Gasteiger partial charge in [-0.15, -0.1) is 23.5 Å². The number of nitrogens with zero attached hydrogens (tertiary/aromatic N) is 1. The highest BCUT2D eigenvalue weighted by molar-refractivity contribution is 8.01. The van der Waals surface area contributed by atoms with Crippen LogP contribution in [0.1, 0.15) is 12.0 Å². The van der Waals surface area contributed by atoms with E-state index in [-0.39, 0.29) is 0 Å². The third kappa shape index (κ3) is 2.97. The molecule has 0 saturated heterocycles. The van der Waals surface area contributed by atoms with Crippen LogP contribution < -0.4 is 0 Å². The maximum Gasteiger partial charge on any atom is 0.0625 e. The fourth-order valence-corrected chi connectivity index (χ4v) is 2.74. The van der Waals surface area contributed by atoms with Gasteiger partial charge in [-0.05, 0) is 36.6 Å². The molecule has 0 N–H and O–H groups in total. The molecule has 0 amide bonds.